The number of hydrogen-bond acceptors (Lipinski definition) is 4. The molecule has 0 radical (unpaired) electrons. The first-order valence-corrected chi connectivity index (χ1v) is 7.04. The second kappa shape index (κ2) is 6.90. The minimum atomic E-state index is -0.911. The molecule has 0 spiro atoms. The molecule has 2 unspecified atom stereocenters. The Morgan fingerprint density at radius 2 is 2.10 bits per heavy atom. The summed E-state index contributed by atoms with van der Waals surface area (Å²) >= 11 is 0. The lowest BCUT2D eigenvalue weighted by Crippen LogP contribution is -2.55. The Kier molecular flexibility index (Phi) is 5.19. The van der Waals surface area contributed by atoms with E-state index in [4.69, 9.17) is 14.6 Å². The van der Waals surface area contributed by atoms with Gasteiger partial charge < -0.3 is 24.4 Å². The second-order valence-electron chi connectivity index (χ2n) is 5.28. The van der Waals surface area contributed by atoms with Crippen LogP contribution < -0.4 is 0 Å². The molecular formula is C13H22N2O5. The molecule has 20 heavy (non-hydrogen) atoms. The molecule has 0 aromatic carbocycles. The molecule has 2 fully saturated rings. The lowest BCUT2D eigenvalue weighted by atomic mass is 10.1. The van der Waals surface area contributed by atoms with Crippen LogP contribution in [0.25, 0.3) is 0 Å². The molecule has 2 aliphatic heterocycles. The number of carbonyl (C=O) groups is 2. The largest absolute Gasteiger partial charge is 0.481 e. The number of carbonyl (C=O) groups excluding carboxylic acids is 1. The molecule has 2 aliphatic rings. The molecule has 0 aromatic rings. The average molecular weight is 286 g/mol. The molecule has 7 heteroatoms. The number of carboxylic acid groups (broad SMARTS) is 1. The molecule has 2 heterocycles. The Bertz CT molecular complexity index is 363. The summed E-state index contributed by atoms with van der Waals surface area (Å²) < 4.78 is 10.8. The van der Waals surface area contributed by atoms with E-state index in [1.54, 1.807) is 9.80 Å². The van der Waals surface area contributed by atoms with Gasteiger partial charge in [0.15, 0.2) is 0 Å². The molecule has 2 atom stereocenters. The Hall–Kier alpha value is -1.34. The summed E-state index contributed by atoms with van der Waals surface area (Å²) in [5, 5.41) is 8.94. The van der Waals surface area contributed by atoms with Gasteiger partial charge in [-0.3, -0.25) is 4.79 Å². The first-order chi connectivity index (χ1) is 9.58. The van der Waals surface area contributed by atoms with Gasteiger partial charge in [0, 0.05) is 26.2 Å². The van der Waals surface area contributed by atoms with E-state index in [9.17, 15) is 9.59 Å². The number of nitrogens with zero attached hydrogens (tertiary/aromatic N) is 2. The van der Waals surface area contributed by atoms with Gasteiger partial charge in [0.25, 0.3) is 0 Å². The van der Waals surface area contributed by atoms with Crippen LogP contribution in [-0.2, 0) is 14.3 Å². The summed E-state index contributed by atoms with van der Waals surface area (Å²) in [5.41, 5.74) is 0. The van der Waals surface area contributed by atoms with E-state index >= 15 is 0 Å². The normalized spacial score (nSPS) is 28.1. The number of rotatable bonds is 2. The Morgan fingerprint density at radius 1 is 1.30 bits per heavy atom. The molecule has 1 N–H and O–H groups in total. The average Bonchev–Trinajstić information content (AvgIpc) is 2.62. The number of urea groups is 1. The quantitative estimate of drug-likeness (QED) is 0.794. The second-order valence-corrected chi connectivity index (χ2v) is 5.28. The van der Waals surface area contributed by atoms with Crippen LogP contribution in [0.3, 0.4) is 0 Å². The van der Waals surface area contributed by atoms with Crippen LogP contribution in [0.2, 0.25) is 0 Å². The van der Waals surface area contributed by atoms with Crippen LogP contribution in [0.4, 0.5) is 4.79 Å². The maximum Gasteiger partial charge on any atom is 0.320 e. The van der Waals surface area contributed by atoms with Crippen LogP contribution >= 0.6 is 0 Å². The summed E-state index contributed by atoms with van der Waals surface area (Å²) in [4.78, 5) is 26.9. The highest BCUT2D eigenvalue weighted by atomic mass is 16.5. The van der Waals surface area contributed by atoms with Crippen LogP contribution in [0.5, 0.6) is 0 Å². The topological polar surface area (TPSA) is 79.3 Å². The predicted molar refractivity (Wildman–Crippen MR) is 70.6 cm³/mol. The first-order valence-electron chi connectivity index (χ1n) is 7.04. The van der Waals surface area contributed by atoms with E-state index in [0.717, 1.165) is 6.42 Å². The van der Waals surface area contributed by atoms with Crippen molar-refractivity contribution in [2.45, 2.75) is 31.9 Å². The lowest BCUT2D eigenvalue weighted by molar-refractivity contribution is -0.139. The van der Waals surface area contributed by atoms with E-state index in [1.165, 1.54) is 0 Å². The highest BCUT2D eigenvalue weighted by Crippen LogP contribution is 2.16. The SMILES string of the molecule is CC1CN(C(=O)N2CCOCC2CC(=O)O)CCCO1. The molecule has 2 amide bonds. The van der Waals surface area contributed by atoms with Gasteiger partial charge in [-0.2, -0.15) is 0 Å². The summed E-state index contributed by atoms with van der Waals surface area (Å²) in [6.45, 7) is 5.00. The number of hydrogen-bond donors (Lipinski definition) is 1. The molecule has 114 valence electrons. The minimum Gasteiger partial charge on any atom is -0.481 e. The van der Waals surface area contributed by atoms with E-state index < -0.39 is 5.97 Å². The highest BCUT2D eigenvalue weighted by Gasteiger charge is 2.32. The van der Waals surface area contributed by atoms with Gasteiger partial charge in [-0.1, -0.05) is 0 Å². The van der Waals surface area contributed by atoms with Gasteiger partial charge in [-0.25, -0.2) is 4.79 Å². The van der Waals surface area contributed by atoms with Crippen molar-refractivity contribution in [2.24, 2.45) is 0 Å². The summed E-state index contributed by atoms with van der Waals surface area (Å²) in [5.74, 6) is -0.911. The van der Waals surface area contributed by atoms with Crippen molar-refractivity contribution in [1.29, 1.82) is 0 Å². The van der Waals surface area contributed by atoms with Crippen molar-refractivity contribution >= 4 is 12.0 Å². The summed E-state index contributed by atoms with van der Waals surface area (Å²) in [7, 11) is 0. The molecule has 2 saturated heterocycles. The van der Waals surface area contributed by atoms with E-state index in [-0.39, 0.29) is 31.2 Å². The molecule has 2 rings (SSSR count). The number of ether oxygens (including phenoxy) is 2. The van der Waals surface area contributed by atoms with E-state index in [1.807, 2.05) is 6.92 Å². The fraction of sp³-hybridized carbons (Fsp3) is 0.846. The molecule has 7 nitrogen and oxygen atoms in total. The molecule has 0 bridgehead atoms. The third-order valence-electron chi connectivity index (χ3n) is 3.61. The van der Waals surface area contributed by atoms with Gasteiger partial charge in [0.1, 0.15) is 0 Å². The van der Waals surface area contributed by atoms with Crippen molar-refractivity contribution in [3.63, 3.8) is 0 Å². The molecule has 0 aliphatic carbocycles. The number of carboxylic acids is 1. The zero-order valence-electron chi connectivity index (χ0n) is 11.8. The zero-order chi connectivity index (χ0) is 14.5. The van der Waals surface area contributed by atoms with E-state index in [2.05, 4.69) is 0 Å². The third kappa shape index (κ3) is 3.83. The van der Waals surface area contributed by atoms with Crippen molar-refractivity contribution in [3.8, 4) is 0 Å². The van der Waals surface area contributed by atoms with Crippen molar-refractivity contribution in [3.05, 3.63) is 0 Å². The standard InChI is InChI=1S/C13H22N2O5/c1-10-8-14(3-2-5-20-10)13(18)15-4-6-19-9-11(15)7-12(16)17/h10-11H,2-9H2,1H3,(H,16,17). The Balaban J connectivity index is 2.02. The number of amides is 2. The summed E-state index contributed by atoms with van der Waals surface area (Å²) in [6.07, 6.45) is 0.746. The van der Waals surface area contributed by atoms with Gasteiger partial charge in [-0.05, 0) is 13.3 Å². The van der Waals surface area contributed by atoms with E-state index in [0.29, 0.717) is 32.8 Å². The van der Waals surface area contributed by atoms with Crippen LogP contribution in [-0.4, -0.2) is 78.5 Å². The van der Waals surface area contributed by atoms with Gasteiger partial charge in [0.2, 0.25) is 0 Å². The van der Waals surface area contributed by atoms with Gasteiger partial charge >= 0.3 is 12.0 Å². The zero-order valence-corrected chi connectivity index (χ0v) is 11.8. The third-order valence-corrected chi connectivity index (χ3v) is 3.61. The maximum absolute atomic E-state index is 12.6. The molecule has 0 aromatic heterocycles. The maximum atomic E-state index is 12.6. The molecule has 0 saturated carbocycles. The Labute approximate surface area is 118 Å². The minimum absolute atomic E-state index is 0.0143. The number of aliphatic carboxylic acids is 1. The first kappa shape index (κ1) is 15.1. The summed E-state index contributed by atoms with van der Waals surface area (Å²) in [6, 6.07) is -0.481. The van der Waals surface area contributed by atoms with Crippen LogP contribution in [0, 0.1) is 0 Å². The molecular weight excluding hydrogens is 264 g/mol. The van der Waals surface area contributed by atoms with Crippen molar-refractivity contribution < 1.29 is 24.2 Å². The van der Waals surface area contributed by atoms with Crippen LogP contribution in [0.15, 0.2) is 0 Å². The predicted octanol–water partition coefficient (Wildman–Crippen LogP) is 0.393. The Morgan fingerprint density at radius 3 is 2.85 bits per heavy atom. The number of morpholine rings is 1. The fourth-order valence-electron chi connectivity index (χ4n) is 2.63. The van der Waals surface area contributed by atoms with Gasteiger partial charge in [-0.15, -0.1) is 0 Å². The van der Waals surface area contributed by atoms with Crippen LogP contribution in [0.1, 0.15) is 19.8 Å². The van der Waals surface area contributed by atoms with Crippen molar-refractivity contribution in [2.75, 3.05) is 39.5 Å². The van der Waals surface area contributed by atoms with Crippen molar-refractivity contribution in [1.82, 2.24) is 9.80 Å². The smallest absolute Gasteiger partial charge is 0.320 e. The fourth-order valence-corrected chi connectivity index (χ4v) is 2.63. The monoisotopic (exact) mass is 286 g/mol. The van der Waals surface area contributed by atoms with Gasteiger partial charge in [0.05, 0.1) is 31.8 Å². The lowest BCUT2D eigenvalue weighted by Gasteiger charge is -2.38. The highest BCUT2D eigenvalue weighted by molar-refractivity contribution is 5.76.